The molecule has 90 valence electrons. The maximum atomic E-state index is 9.21. The quantitative estimate of drug-likeness (QED) is 0.840. The fourth-order valence-corrected chi connectivity index (χ4v) is 2.29. The van der Waals surface area contributed by atoms with Crippen LogP contribution in [0.3, 0.4) is 0 Å². The van der Waals surface area contributed by atoms with Crippen LogP contribution < -0.4 is 5.73 Å². The van der Waals surface area contributed by atoms with Gasteiger partial charge in [-0.3, -0.25) is 4.98 Å². The molecule has 3 N–H and O–H groups in total. The van der Waals surface area contributed by atoms with Crippen molar-refractivity contribution >= 4 is 16.6 Å². The lowest BCUT2D eigenvalue weighted by Crippen LogP contribution is -1.99. The van der Waals surface area contributed by atoms with Crippen molar-refractivity contribution in [3.05, 3.63) is 35.0 Å². The largest absolute Gasteiger partial charge is 0.398 e. The average Bonchev–Trinajstić information content (AvgIpc) is 3.22. The van der Waals surface area contributed by atoms with Crippen molar-refractivity contribution < 1.29 is 5.11 Å². The van der Waals surface area contributed by atoms with Crippen LogP contribution in [0.25, 0.3) is 10.9 Å². The number of fused-ring (bicyclic) bond motifs is 1. The normalized spacial score (nSPS) is 14.7. The maximum Gasteiger partial charge on any atom is 0.0991 e. The highest BCUT2D eigenvalue weighted by atomic mass is 16.3. The van der Waals surface area contributed by atoms with Gasteiger partial charge in [-0.25, -0.2) is 0 Å². The van der Waals surface area contributed by atoms with Crippen molar-refractivity contribution in [1.29, 1.82) is 5.26 Å². The van der Waals surface area contributed by atoms with Crippen molar-refractivity contribution in [1.82, 2.24) is 4.98 Å². The molecule has 1 aliphatic carbocycles. The van der Waals surface area contributed by atoms with Gasteiger partial charge in [-0.05, 0) is 36.5 Å². The number of nitrogens with two attached hydrogens (primary N) is 1. The van der Waals surface area contributed by atoms with Crippen LogP contribution in [0.15, 0.2) is 18.3 Å². The predicted molar refractivity (Wildman–Crippen MR) is 68.8 cm³/mol. The van der Waals surface area contributed by atoms with Gasteiger partial charge in [0.1, 0.15) is 0 Å². The molecular weight excluding hydrogens is 226 g/mol. The van der Waals surface area contributed by atoms with E-state index in [2.05, 4.69) is 11.1 Å². The zero-order valence-corrected chi connectivity index (χ0v) is 9.85. The molecule has 0 aliphatic heterocycles. The first-order valence-corrected chi connectivity index (χ1v) is 5.96. The molecule has 1 aliphatic rings. The summed E-state index contributed by atoms with van der Waals surface area (Å²) in [6.07, 6.45) is 3.91. The van der Waals surface area contributed by atoms with E-state index >= 15 is 0 Å². The summed E-state index contributed by atoms with van der Waals surface area (Å²) in [6, 6.07) is 5.82. The Hall–Kier alpha value is -2.12. The second-order valence-corrected chi connectivity index (χ2v) is 4.70. The number of aliphatic hydroxyl groups is 1. The van der Waals surface area contributed by atoms with Crippen molar-refractivity contribution in [2.75, 3.05) is 5.73 Å². The highest BCUT2D eigenvalue weighted by molar-refractivity contribution is 5.94. The first-order valence-electron chi connectivity index (χ1n) is 5.96. The number of hydrogen-bond donors (Lipinski definition) is 2. The molecule has 0 atom stereocenters. The van der Waals surface area contributed by atoms with Crippen LogP contribution in [0.5, 0.6) is 0 Å². The van der Waals surface area contributed by atoms with Gasteiger partial charge < -0.3 is 10.8 Å². The minimum atomic E-state index is -0.135. The SMILES string of the molecule is N#Cc1cc(C2CC2)c2ncc(CO)c(N)c2c1. The topological polar surface area (TPSA) is 82.9 Å². The molecule has 0 saturated heterocycles. The van der Waals surface area contributed by atoms with Gasteiger partial charge in [-0.2, -0.15) is 5.26 Å². The van der Waals surface area contributed by atoms with Crippen LogP contribution >= 0.6 is 0 Å². The van der Waals surface area contributed by atoms with Crippen LogP contribution in [0.4, 0.5) is 5.69 Å². The molecular formula is C14H13N3O. The Morgan fingerprint density at radius 3 is 2.83 bits per heavy atom. The van der Waals surface area contributed by atoms with Gasteiger partial charge in [0.25, 0.3) is 0 Å². The number of hydrogen-bond acceptors (Lipinski definition) is 4. The first-order chi connectivity index (χ1) is 8.74. The lowest BCUT2D eigenvalue weighted by Gasteiger charge is -2.10. The molecule has 0 unspecified atom stereocenters. The van der Waals surface area contributed by atoms with Crippen LogP contribution in [-0.2, 0) is 6.61 Å². The Kier molecular flexibility index (Phi) is 2.42. The minimum Gasteiger partial charge on any atom is -0.398 e. The number of anilines is 1. The molecule has 0 amide bonds. The number of aromatic nitrogens is 1. The summed E-state index contributed by atoms with van der Waals surface area (Å²) in [5.41, 5.74) is 9.76. The van der Waals surface area contributed by atoms with E-state index in [1.165, 1.54) is 0 Å². The van der Waals surface area contributed by atoms with Crippen LogP contribution in [0, 0.1) is 11.3 Å². The summed E-state index contributed by atoms with van der Waals surface area (Å²) < 4.78 is 0. The molecule has 0 bridgehead atoms. The third-order valence-corrected chi connectivity index (χ3v) is 3.44. The lowest BCUT2D eigenvalue weighted by molar-refractivity contribution is 0.282. The predicted octanol–water partition coefficient (Wildman–Crippen LogP) is 2.06. The van der Waals surface area contributed by atoms with E-state index in [9.17, 15) is 5.11 Å². The number of rotatable bonds is 2. The highest BCUT2D eigenvalue weighted by Gasteiger charge is 2.27. The summed E-state index contributed by atoms with van der Waals surface area (Å²) in [7, 11) is 0. The van der Waals surface area contributed by atoms with Gasteiger partial charge in [-0.1, -0.05) is 0 Å². The minimum absolute atomic E-state index is 0.135. The van der Waals surface area contributed by atoms with Crippen molar-refractivity contribution in [3.8, 4) is 6.07 Å². The van der Waals surface area contributed by atoms with Crippen molar-refractivity contribution in [2.24, 2.45) is 0 Å². The molecule has 0 radical (unpaired) electrons. The van der Waals surface area contributed by atoms with E-state index in [1.807, 2.05) is 6.07 Å². The molecule has 18 heavy (non-hydrogen) atoms. The van der Waals surface area contributed by atoms with Crippen molar-refractivity contribution in [3.63, 3.8) is 0 Å². The van der Waals surface area contributed by atoms with Crippen LogP contribution in [0.1, 0.15) is 35.4 Å². The second kappa shape index (κ2) is 3.97. The van der Waals surface area contributed by atoms with Gasteiger partial charge in [0.05, 0.1) is 23.8 Å². The maximum absolute atomic E-state index is 9.21. The Morgan fingerprint density at radius 2 is 2.22 bits per heavy atom. The molecule has 0 spiro atoms. The third-order valence-electron chi connectivity index (χ3n) is 3.44. The monoisotopic (exact) mass is 239 g/mol. The van der Waals surface area contributed by atoms with E-state index in [4.69, 9.17) is 11.0 Å². The third kappa shape index (κ3) is 1.60. The fourth-order valence-electron chi connectivity index (χ4n) is 2.29. The van der Waals surface area contributed by atoms with E-state index in [1.54, 1.807) is 12.3 Å². The van der Waals surface area contributed by atoms with E-state index in [0.717, 1.165) is 29.3 Å². The molecule has 1 heterocycles. The number of benzene rings is 1. The van der Waals surface area contributed by atoms with Crippen LogP contribution in [-0.4, -0.2) is 10.1 Å². The molecule has 1 aromatic carbocycles. The average molecular weight is 239 g/mol. The number of nitriles is 1. The second-order valence-electron chi connectivity index (χ2n) is 4.70. The molecule has 3 rings (SSSR count). The van der Waals surface area contributed by atoms with E-state index in [0.29, 0.717) is 22.7 Å². The van der Waals surface area contributed by atoms with E-state index < -0.39 is 0 Å². The van der Waals surface area contributed by atoms with Gasteiger partial charge in [0.2, 0.25) is 0 Å². The summed E-state index contributed by atoms with van der Waals surface area (Å²) in [6.45, 7) is -0.135. The highest BCUT2D eigenvalue weighted by Crippen LogP contribution is 2.43. The summed E-state index contributed by atoms with van der Waals surface area (Å²) in [5.74, 6) is 0.507. The standard InChI is InChI=1S/C14H13N3O/c15-5-8-3-11(9-1-2-9)14-12(4-8)13(16)10(7-18)6-17-14/h3-4,6,9,18H,1-2,7H2,(H2,16,17). The Bertz CT molecular complexity index is 669. The lowest BCUT2D eigenvalue weighted by atomic mass is 10.00. The van der Waals surface area contributed by atoms with Crippen molar-refractivity contribution in [2.45, 2.75) is 25.4 Å². The molecule has 1 aromatic heterocycles. The summed E-state index contributed by atoms with van der Waals surface area (Å²) in [4.78, 5) is 4.40. The Morgan fingerprint density at radius 1 is 1.44 bits per heavy atom. The number of nitrogens with zero attached hydrogens (tertiary/aromatic N) is 2. The molecule has 2 aromatic rings. The van der Waals surface area contributed by atoms with Gasteiger partial charge in [0, 0.05) is 22.8 Å². The van der Waals surface area contributed by atoms with Gasteiger partial charge >= 0.3 is 0 Å². The summed E-state index contributed by atoms with van der Waals surface area (Å²) in [5, 5.41) is 19.1. The Labute approximate surface area is 105 Å². The fraction of sp³-hybridized carbons (Fsp3) is 0.286. The Balaban J connectivity index is 2.35. The zero-order chi connectivity index (χ0) is 12.7. The van der Waals surface area contributed by atoms with Gasteiger partial charge in [0.15, 0.2) is 0 Å². The molecule has 1 saturated carbocycles. The summed E-state index contributed by atoms with van der Waals surface area (Å²) >= 11 is 0. The number of pyridine rings is 1. The number of aliphatic hydroxyl groups excluding tert-OH is 1. The molecule has 1 fully saturated rings. The molecule has 4 nitrogen and oxygen atoms in total. The smallest absolute Gasteiger partial charge is 0.0991 e. The first kappa shape index (κ1) is 11.0. The zero-order valence-electron chi connectivity index (χ0n) is 9.85. The number of nitrogen functional groups attached to an aromatic ring is 1. The molecule has 4 heteroatoms. The van der Waals surface area contributed by atoms with Crippen LogP contribution in [0.2, 0.25) is 0 Å². The van der Waals surface area contributed by atoms with E-state index in [-0.39, 0.29) is 6.61 Å². The van der Waals surface area contributed by atoms with Gasteiger partial charge in [-0.15, -0.1) is 0 Å².